The van der Waals surface area contributed by atoms with E-state index in [0.29, 0.717) is 21.0 Å². The lowest BCUT2D eigenvalue weighted by Gasteiger charge is -1.98. The molecule has 0 amide bonds. The average Bonchev–Trinajstić information content (AvgIpc) is 3.35. The van der Waals surface area contributed by atoms with Crippen LogP contribution >= 0.6 is 24.4 Å². The summed E-state index contributed by atoms with van der Waals surface area (Å²) >= 11 is 10.3. The number of hydrogen-bond acceptors (Lipinski definition) is 5. The van der Waals surface area contributed by atoms with Crippen molar-refractivity contribution in [2.45, 2.75) is 0 Å². The Kier molecular flexibility index (Phi) is 4.00. The van der Waals surface area contributed by atoms with Gasteiger partial charge in [0.15, 0.2) is 5.76 Å². The number of aromatic amines is 2. The summed E-state index contributed by atoms with van der Waals surface area (Å²) in [6.07, 6.45) is 5.13. The molecule has 25 heavy (non-hydrogen) atoms. The molecule has 0 unspecified atom stereocenters. The molecule has 0 aliphatic carbocycles. The summed E-state index contributed by atoms with van der Waals surface area (Å²) in [5.41, 5.74) is 2.39. The van der Waals surface area contributed by atoms with Gasteiger partial charge in [0.1, 0.15) is 5.69 Å². The fourth-order valence-corrected chi connectivity index (χ4v) is 2.77. The van der Waals surface area contributed by atoms with E-state index in [9.17, 15) is 0 Å². The van der Waals surface area contributed by atoms with Crippen LogP contribution in [0.5, 0.6) is 0 Å². The number of benzene rings is 1. The van der Waals surface area contributed by atoms with Crippen molar-refractivity contribution in [1.29, 1.82) is 0 Å². The van der Waals surface area contributed by atoms with Gasteiger partial charge in [0.25, 0.3) is 0 Å². The predicted octanol–water partition coefficient (Wildman–Crippen LogP) is 3.93. The number of nitrogens with zero attached hydrogens (tertiary/aromatic N) is 4. The Morgan fingerprint density at radius 1 is 1.04 bits per heavy atom. The van der Waals surface area contributed by atoms with Gasteiger partial charge in [0, 0.05) is 11.8 Å². The van der Waals surface area contributed by atoms with Gasteiger partial charge in [-0.15, -0.1) is 0 Å². The van der Waals surface area contributed by atoms with E-state index < -0.39 is 0 Å². The van der Waals surface area contributed by atoms with Gasteiger partial charge >= 0.3 is 0 Å². The molecule has 4 aromatic rings. The van der Waals surface area contributed by atoms with Crippen molar-refractivity contribution in [1.82, 2.24) is 24.7 Å². The molecule has 0 spiro atoms. The lowest BCUT2D eigenvalue weighted by molar-refractivity contribution is 0.579. The van der Waals surface area contributed by atoms with Crippen molar-refractivity contribution in [2.75, 3.05) is 0 Å². The van der Waals surface area contributed by atoms with Crippen LogP contribution in [0.4, 0.5) is 0 Å². The molecule has 3 heterocycles. The monoisotopic (exact) mass is 368 g/mol. The molecule has 0 saturated carbocycles. The number of furan rings is 1. The standard InChI is InChI=1S/C16H12N6OS2/c24-15-18-19-16(25)22(15)17-9-11-10-21(12-5-2-1-3-6-12)20-14(11)13-7-4-8-23-13/h1-10H,(H,18,24)(H,19,25)/b17-9-. The van der Waals surface area contributed by atoms with Gasteiger partial charge < -0.3 is 4.42 Å². The quantitative estimate of drug-likeness (QED) is 0.422. The molecule has 1 aromatic carbocycles. The molecule has 0 atom stereocenters. The average molecular weight is 368 g/mol. The number of H-pyrrole nitrogens is 2. The molecule has 2 N–H and O–H groups in total. The molecule has 124 valence electrons. The van der Waals surface area contributed by atoms with Gasteiger partial charge in [0.05, 0.1) is 18.2 Å². The summed E-state index contributed by atoms with van der Waals surface area (Å²) in [4.78, 5) is 0. The summed E-state index contributed by atoms with van der Waals surface area (Å²) in [6.45, 7) is 0. The fraction of sp³-hybridized carbons (Fsp3) is 0. The van der Waals surface area contributed by atoms with Crippen LogP contribution in [0, 0.1) is 9.54 Å². The van der Waals surface area contributed by atoms with E-state index in [-0.39, 0.29) is 0 Å². The minimum atomic E-state index is 0.385. The van der Waals surface area contributed by atoms with Gasteiger partial charge in [-0.25, -0.2) is 4.68 Å². The van der Waals surface area contributed by atoms with Crippen LogP contribution in [0.1, 0.15) is 5.56 Å². The van der Waals surface area contributed by atoms with Crippen LogP contribution in [-0.4, -0.2) is 30.9 Å². The molecule has 0 fully saturated rings. The second-order valence-electron chi connectivity index (χ2n) is 5.11. The van der Waals surface area contributed by atoms with Crippen molar-refractivity contribution in [3.05, 3.63) is 70.0 Å². The molecule has 0 saturated heterocycles. The van der Waals surface area contributed by atoms with Crippen molar-refractivity contribution in [2.24, 2.45) is 5.10 Å². The first-order valence-electron chi connectivity index (χ1n) is 7.35. The maximum Gasteiger partial charge on any atom is 0.215 e. The molecule has 4 rings (SSSR count). The lowest BCUT2D eigenvalue weighted by Crippen LogP contribution is -1.93. The third-order valence-corrected chi connectivity index (χ3v) is 4.04. The van der Waals surface area contributed by atoms with E-state index in [1.165, 1.54) is 4.68 Å². The Morgan fingerprint density at radius 3 is 2.48 bits per heavy atom. The summed E-state index contributed by atoms with van der Waals surface area (Å²) < 4.78 is 9.47. The van der Waals surface area contributed by atoms with Gasteiger partial charge in [-0.1, -0.05) is 18.2 Å². The molecular formula is C16H12N6OS2. The molecular weight excluding hydrogens is 356 g/mol. The second-order valence-corrected chi connectivity index (χ2v) is 5.88. The van der Waals surface area contributed by atoms with Crippen molar-refractivity contribution in [3.63, 3.8) is 0 Å². The molecule has 0 bridgehead atoms. The SMILES string of the molecule is S=c1[nH][nH]c(=S)n1/N=C\c1cn(-c2ccccc2)nc1-c1ccco1. The summed E-state index contributed by atoms with van der Waals surface area (Å²) in [5, 5.41) is 14.4. The predicted molar refractivity (Wildman–Crippen MR) is 99.1 cm³/mol. The first-order valence-corrected chi connectivity index (χ1v) is 8.17. The maximum atomic E-state index is 5.50. The highest BCUT2D eigenvalue weighted by molar-refractivity contribution is 7.72. The molecule has 0 aliphatic rings. The van der Waals surface area contributed by atoms with E-state index in [1.807, 2.05) is 48.7 Å². The smallest absolute Gasteiger partial charge is 0.215 e. The normalized spacial score (nSPS) is 11.4. The first-order chi connectivity index (χ1) is 12.2. The summed E-state index contributed by atoms with van der Waals surface area (Å²) in [6, 6.07) is 13.5. The Balaban J connectivity index is 1.82. The van der Waals surface area contributed by atoms with Gasteiger partial charge in [-0.05, 0) is 48.7 Å². The third kappa shape index (κ3) is 3.02. The number of aromatic nitrogens is 5. The Hall–Kier alpha value is -3.04. The van der Waals surface area contributed by atoms with Crippen molar-refractivity contribution >= 4 is 30.7 Å². The highest BCUT2D eigenvalue weighted by Crippen LogP contribution is 2.23. The Bertz CT molecular complexity index is 1100. The van der Waals surface area contributed by atoms with Crippen LogP contribution in [0.15, 0.2) is 64.4 Å². The largest absolute Gasteiger partial charge is 0.463 e. The summed E-state index contributed by atoms with van der Waals surface area (Å²) in [7, 11) is 0. The Labute approximate surface area is 152 Å². The van der Waals surface area contributed by atoms with Gasteiger partial charge in [-0.3, -0.25) is 10.2 Å². The van der Waals surface area contributed by atoms with E-state index in [1.54, 1.807) is 17.2 Å². The van der Waals surface area contributed by atoms with E-state index >= 15 is 0 Å². The molecule has 7 nitrogen and oxygen atoms in total. The zero-order valence-corrected chi connectivity index (χ0v) is 14.4. The molecule has 9 heteroatoms. The number of hydrogen-bond donors (Lipinski definition) is 2. The van der Waals surface area contributed by atoms with Crippen LogP contribution < -0.4 is 0 Å². The molecule has 0 radical (unpaired) electrons. The Morgan fingerprint density at radius 2 is 1.80 bits per heavy atom. The number of nitrogens with one attached hydrogen (secondary N) is 2. The fourth-order valence-electron chi connectivity index (χ4n) is 2.33. The van der Waals surface area contributed by atoms with E-state index in [4.69, 9.17) is 28.9 Å². The van der Waals surface area contributed by atoms with E-state index in [2.05, 4.69) is 20.4 Å². The zero-order valence-electron chi connectivity index (χ0n) is 12.8. The van der Waals surface area contributed by atoms with Gasteiger partial charge in [-0.2, -0.15) is 14.9 Å². The minimum Gasteiger partial charge on any atom is -0.463 e. The van der Waals surface area contributed by atoms with Crippen LogP contribution in [0.25, 0.3) is 17.1 Å². The number of para-hydroxylation sites is 1. The lowest BCUT2D eigenvalue weighted by atomic mass is 10.2. The molecule has 0 aliphatic heterocycles. The summed E-state index contributed by atoms with van der Waals surface area (Å²) in [5.74, 6) is 0.652. The highest BCUT2D eigenvalue weighted by Gasteiger charge is 2.13. The number of rotatable bonds is 4. The maximum absolute atomic E-state index is 5.50. The first kappa shape index (κ1) is 15.5. The van der Waals surface area contributed by atoms with Crippen LogP contribution in [-0.2, 0) is 0 Å². The zero-order chi connectivity index (χ0) is 17.2. The van der Waals surface area contributed by atoms with Crippen LogP contribution in [0.2, 0.25) is 0 Å². The van der Waals surface area contributed by atoms with Crippen molar-refractivity contribution < 1.29 is 4.42 Å². The van der Waals surface area contributed by atoms with E-state index in [0.717, 1.165) is 11.3 Å². The molecule has 3 aromatic heterocycles. The minimum absolute atomic E-state index is 0.385. The van der Waals surface area contributed by atoms with Crippen molar-refractivity contribution in [3.8, 4) is 17.1 Å². The highest BCUT2D eigenvalue weighted by atomic mass is 32.1. The van der Waals surface area contributed by atoms with Crippen LogP contribution in [0.3, 0.4) is 0 Å². The second kappa shape index (κ2) is 6.46. The van der Waals surface area contributed by atoms with Gasteiger partial charge in [0.2, 0.25) is 9.54 Å². The third-order valence-electron chi connectivity index (χ3n) is 3.49. The topological polar surface area (TPSA) is 79.8 Å².